The normalized spacial score (nSPS) is 18.2. The Bertz CT molecular complexity index is 386. The molecule has 1 aromatic rings. The highest BCUT2D eigenvalue weighted by molar-refractivity contribution is 8.00. The second kappa shape index (κ2) is 5.17. The van der Waals surface area contributed by atoms with Crippen LogP contribution in [0.4, 0.5) is 11.5 Å². The molecule has 1 heterocycles. The van der Waals surface area contributed by atoms with E-state index in [1.54, 1.807) is 0 Å². The van der Waals surface area contributed by atoms with Crippen LogP contribution < -0.4 is 11.1 Å². The number of nitrogens with zero attached hydrogens (tertiary/aromatic N) is 1. The third kappa shape index (κ3) is 2.86. The lowest BCUT2D eigenvalue weighted by molar-refractivity contribution is 0.638. The van der Waals surface area contributed by atoms with E-state index in [0.717, 1.165) is 23.6 Å². The lowest BCUT2D eigenvalue weighted by atomic mass is 10.1. The molecule has 3 N–H and O–H groups in total. The van der Waals surface area contributed by atoms with Gasteiger partial charge >= 0.3 is 0 Å². The van der Waals surface area contributed by atoms with Crippen molar-refractivity contribution in [1.29, 1.82) is 0 Å². The molecule has 0 aromatic carbocycles. The molecule has 1 saturated carbocycles. The highest BCUT2D eigenvalue weighted by Crippen LogP contribution is 2.40. The molecule has 0 amide bonds. The molecule has 0 radical (unpaired) electrons. The SMILES string of the molecule is CSC1(CNc2cc(N)c(C)cn2)CCCC1. The second-order valence-corrected chi connectivity index (χ2v) is 6.15. The fraction of sp³-hybridized carbons (Fsp3) is 0.615. The van der Waals surface area contributed by atoms with Gasteiger partial charge in [0, 0.05) is 29.2 Å². The van der Waals surface area contributed by atoms with Crippen molar-refractivity contribution < 1.29 is 0 Å². The fourth-order valence-corrected chi connectivity index (χ4v) is 3.27. The van der Waals surface area contributed by atoms with Gasteiger partial charge in [0.15, 0.2) is 0 Å². The summed E-state index contributed by atoms with van der Waals surface area (Å²) in [6, 6.07) is 1.93. The Kier molecular flexibility index (Phi) is 3.82. The molecule has 0 saturated heterocycles. The number of hydrogen-bond donors (Lipinski definition) is 2. The van der Waals surface area contributed by atoms with Crippen molar-refractivity contribution in [3.8, 4) is 0 Å². The lowest BCUT2D eigenvalue weighted by Crippen LogP contribution is -2.30. The van der Waals surface area contributed by atoms with Gasteiger partial charge in [-0.25, -0.2) is 4.98 Å². The molecule has 1 aliphatic carbocycles. The van der Waals surface area contributed by atoms with Crippen LogP contribution >= 0.6 is 11.8 Å². The van der Waals surface area contributed by atoms with Crippen molar-refractivity contribution >= 4 is 23.3 Å². The summed E-state index contributed by atoms with van der Waals surface area (Å²) in [6.45, 7) is 2.97. The van der Waals surface area contributed by atoms with E-state index >= 15 is 0 Å². The summed E-state index contributed by atoms with van der Waals surface area (Å²) in [6.07, 6.45) is 9.37. The van der Waals surface area contributed by atoms with Crippen LogP contribution in [-0.2, 0) is 0 Å². The quantitative estimate of drug-likeness (QED) is 0.863. The predicted molar refractivity (Wildman–Crippen MR) is 76.6 cm³/mol. The largest absolute Gasteiger partial charge is 0.398 e. The summed E-state index contributed by atoms with van der Waals surface area (Å²) in [7, 11) is 0. The number of nitrogen functional groups attached to an aromatic ring is 1. The highest BCUT2D eigenvalue weighted by Gasteiger charge is 2.32. The molecule has 0 bridgehead atoms. The van der Waals surface area contributed by atoms with Gasteiger partial charge < -0.3 is 11.1 Å². The van der Waals surface area contributed by atoms with Crippen LogP contribution in [-0.4, -0.2) is 22.5 Å². The van der Waals surface area contributed by atoms with Gasteiger partial charge in [0.2, 0.25) is 0 Å². The van der Waals surface area contributed by atoms with Gasteiger partial charge in [0.25, 0.3) is 0 Å². The highest BCUT2D eigenvalue weighted by atomic mass is 32.2. The van der Waals surface area contributed by atoms with E-state index in [1.165, 1.54) is 25.7 Å². The van der Waals surface area contributed by atoms with Gasteiger partial charge in [0.1, 0.15) is 5.82 Å². The first-order valence-electron chi connectivity index (χ1n) is 6.16. The average molecular weight is 251 g/mol. The van der Waals surface area contributed by atoms with E-state index in [4.69, 9.17) is 5.73 Å². The van der Waals surface area contributed by atoms with Gasteiger partial charge in [-0.05, 0) is 31.6 Å². The summed E-state index contributed by atoms with van der Waals surface area (Å²) >= 11 is 1.98. The van der Waals surface area contributed by atoms with Crippen LogP contribution in [0.3, 0.4) is 0 Å². The predicted octanol–water partition coefficient (Wildman–Crippen LogP) is 3.06. The van der Waals surface area contributed by atoms with Gasteiger partial charge in [-0.2, -0.15) is 11.8 Å². The number of rotatable bonds is 4. The first kappa shape index (κ1) is 12.6. The van der Waals surface area contributed by atoms with Crippen LogP contribution in [0.1, 0.15) is 31.2 Å². The Morgan fingerprint density at radius 3 is 2.76 bits per heavy atom. The first-order chi connectivity index (χ1) is 8.15. The fourth-order valence-electron chi connectivity index (χ4n) is 2.36. The van der Waals surface area contributed by atoms with Crippen molar-refractivity contribution in [1.82, 2.24) is 4.98 Å². The number of hydrogen-bond acceptors (Lipinski definition) is 4. The van der Waals surface area contributed by atoms with E-state index in [0.29, 0.717) is 4.75 Å². The summed E-state index contributed by atoms with van der Waals surface area (Å²) in [5, 5.41) is 3.43. The number of nitrogens with one attached hydrogen (secondary N) is 1. The number of pyridine rings is 1. The number of aromatic nitrogens is 1. The maximum atomic E-state index is 5.88. The average Bonchev–Trinajstić information content (AvgIpc) is 2.80. The third-order valence-electron chi connectivity index (χ3n) is 3.68. The summed E-state index contributed by atoms with van der Waals surface area (Å²) in [4.78, 5) is 4.37. The number of thioether (sulfide) groups is 1. The van der Waals surface area contributed by atoms with Crippen LogP contribution in [0.25, 0.3) is 0 Å². The van der Waals surface area contributed by atoms with E-state index in [2.05, 4.69) is 16.6 Å². The molecular weight excluding hydrogens is 230 g/mol. The zero-order valence-electron chi connectivity index (χ0n) is 10.6. The van der Waals surface area contributed by atoms with E-state index in [-0.39, 0.29) is 0 Å². The summed E-state index contributed by atoms with van der Waals surface area (Å²) in [5.74, 6) is 0.897. The van der Waals surface area contributed by atoms with Gasteiger partial charge in [0.05, 0.1) is 0 Å². The van der Waals surface area contributed by atoms with Crippen molar-refractivity contribution in [2.45, 2.75) is 37.4 Å². The maximum Gasteiger partial charge on any atom is 0.128 e. The zero-order chi connectivity index (χ0) is 12.3. The Labute approximate surface area is 108 Å². The molecule has 0 aliphatic heterocycles. The van der Waals surface area contributed by atoms with Crippen molar-refractivity contribution in [3.63, 3.8) is 0 Å². The van der Waals surface area contributed by atoms with Crippen molar-refractivity contribution in [3.05, 3.63) is 17.8 Å². The Morgan fingerprint density at radius 1 is 1.47 bits per heavy atom. The number of aryl methyl sites for hydroxylation is 1. The first-order valence-corrected chi connectivity index (χ1v) is 7.39. The summed E-state index contributed by atoms with van der Waals surface area (Å²) < 4.78 is 0.404. The molecule has 0 atom stereocenters. The Balaban J connectivity index is 1.99. The molecule has 0 spiro atoms. The smallest absolute Gasteiger partial charge is 0.128 e. The number of anilines is 2. The van der Waals surface area contributed by atoms with Crippen molar-refractivity contribution in [2.75, 3.05) is 23.9 Å². The van der Waals surface area contributed by atoms with Crippen LogP contribution in [0, 0.1) is 6.92 Å². The maximum absolute atomic E-state index is 5.88. The minimum Gasteiger partial charge on any atom is -0.398 e. The van der Waals surface area contributed by atoms with Gasteiger partial charge in [-0.1, -0.05) is 12.8 Å². The Morgan fingerprint density at radius 2 is 2.18 bits per heavy atom. The molecule has 0 unspecified atom stereocenters. The molecule has 2 rings (SSSR count). The third-order valence-corrected chi connectivity index (χ3v) is 5.10. The molecule has 1 aliphatic rings. The Hall–Kier alpha value is -0.900. The van der Waals surface area contributed by atoms with Crippen LogP contribution in [0.2, 0.25) is 0 Å². The van der Waals surface area contributed by atoms with Gasteiger partial charge in [-0.15, -0.1) is 0 Å². The molecule has 17 heavy (non-hydrogen) atoms. The van der Waals surface area contributed by atoms with Crippen LogP contribution in [0.5, 0.6) is 0 Å². The topological polar surface area (TPSA) is 50.9 Å². The van der Waals surface area contributed by atoms with E-state index in [1.807, 2.05) is 30.9 Å². The molecule has 1 aromatic heterocycles. The summed E-state index contributed by atoms with van der Waals surface area (Å²) in [5.41, 5.74) is 7.73. The second-order valence-electron chi connectivity index (χ2n) is 4.87. The molecule has 94 valence electrons. The molecule has 4 heteroatoms. The molecule has 1 fully saturated rings. The lowest BCUT2D eigenvalue weighted by Gasteiger charge is -2.27. The van der Waals surface area contributed by atoms with E-state index < -0.39 is 0 Å². The number of nitrogens with two attached hydrogens (primary N) is 1. The molecular formula is C13H21N3S. The zero-order valence-corrected chi connectivity index (χ0v) is 11.4. The van der Waals surface area contributed by atoms with E-state index in [9.17, 15) is 0 Å². The molecule has 3 nitrogen and oxygen atoms in total. The minimum atomic E-state index is 0.404. The minimum absolute atomic E-state index is 0.404. The monoisotopic (exact) mass is 251 g/mol. The van der Waals surface area contributed by atoms with Crippen LogP contribution in [0.15, 0.2) is 12.3 Å². The standard InChI is InChI=1S/C13H21N3S/c1-10-8-15-12(7-11(10)14)16-9-13(17-2)5-3-4-6-13/h7-8H,3-6,9H2,1-2H3,(H3,14,15,16). The van der Waals surface area contributed by atoms with Gasteiger partial charge in [-0.3, -0.25) is 0 Å². The van der Waals surface area contributed by atoms with Crippen molar-refractivity contribution in [2.24, 2.45) is 0 Å².